The van der Waals surface area contributed by atoms with Crippen LogP contribution in [-0.4, -0.2) is 15.3 Å². The number of aryl methyl sites for hydroxylation is 1. The van der Waals surface area contributed by atoms with Gasteiger partial charge in [0, 0.05) is 45.0 Å². The minimum Gasteiger partial charge on any atom is -0.341 e. The quantitative estimate of drug-likeness (QED) is 0.483. The molecular weight excluding hydrogens is 371 g/mol. The number of carbonyl (C=O) groups is 1. The molecule has 0 radical (unpaired) electrons. The van der Waals surface area contributed by atoms with Gasteiger partial charge in [0.15, 0.2) is 5.78 Å². The first-order valence-electron chi connectivity index (χ1n) is 7.98. The van der Waals surface area contributed by atoms with Gasteiger partial charge in [-0.15, -0.1) is 0 Å². The normalized spacial score (nSPS) is 11.4. The lowest BCUT2D eigenvalue weighted by molar-refractivity contribution is 0.101. The predicted octanol–water partition coefficient (Wildman–Crippen LogP) is 5.20. The summed E-state index contributed by atoms with van der Waals surface area (Å²) in [6.45, 7) is 1.53. The van der Waals surface area contributed by atoms with E-state index < -0.39 is 0 Å². The monoisotopic (exact) mass is 384 g/mol. The van der Waals surface area contributed by atoms with E-state index in [-0.39, 0.29) is 11.3 Å². The van der Waals surface area contributed by atoms with Gasteiger partial charge in [-0.2, -0.15) is 0 Å². The largest absolute Gasteiger partial charge is 0.341 e. The Hall–Kier alpha value is -2.56. The molecule has 2 heterocycles. The molecule has 0 saturated carbocycles. The van der Waals surface area contributed by atoms with Gasteiger partial charge in [0.05, 0.1) is 5.02 Å². The number of pyridine rings is 1. The second kappa shape index (κ2) is 6.01. The maximum Gasteiger partial charge on any atom is 0.259 e. The van der Waals surface area contributed by atoms with Crippen molar-refractivity contribution >= 4 is 50.9 Å². The molecule has 0 atom stereocenters. The van der Waals surface area contributed by atoms with Crippen molar-refractivity contribution in [1.82, 2.24) is 9.55 Å². The van der Waals surface area contributed by atoms with Gasteiger partial charge in [-0.3, -0.25) is 14.2 Å². The molecule has 0 saturated heterocycles. The molecule has 0 bridgehead atoms. The number of nitrogens with one attached hydrogen (secondary N) is 1. The number of nitrogens with zero attached hydrogens (tertiary/aromatic N) is 1. The molecule has 0 aliphatic heterocycles. The molecule has 1 N–H and O–H groups in total. The van der Waals surface area contributed by atoms with Gasteiger partial charge in [0.25, 0.3) is 5.56 Å². The highest BCUT2D eigenvalue weighted by molar-refractivity contribution is 6.36. The van der Waals surface area contributed by atoms with E-state index in [9.17, 15) is 9.59 Å². The Labute approximate surface area is 159 Å². The fourth-order valence-corrected chi connectivity index (χ4v) is 3.73. The molecule has 26 heavy (non-hydrogen) atoms. The second-order valence-corrected chi connectivity index (χ2v) is 7.09. The Morgan fingerprint density at radius 3 is 2.46 bits per heavy atom. The molecule has 0 aliphatic rings. The summed E-state index contributed by atoms with van der Waals surface area (Å²) in [4.78, 5) is 27.9. The number of ketones is 1. The van der Waals surface area contributed by atoms with Gasteiger partial charge in [-0.05, 0) is 43.3 Å². The van der Waals surface area contributed by atoms with E-state index >= 15 is 0 Å². The van der Waals surface area contributed by atoms with E-state index in [1.165, 1.54) is 6.92 Å². The van der Waals surface area contributed by atoms with E-state index in [0.29, 0.717) is 32.4 Å². The molecule has 2 aromatic carbocycles. The zero-order valence-electron chi connectivity index (χ0n) is 14.1. The van der Waals surface area contributed by atoms with Gasteiger partial charge in [0.1, 0.15) is 5.65 Å². The highest BCUT2D eigenvalue weighted by Gasteiger charge is 2.16. The van der Waals surface area contributed by atoms with Crippen LogP contribution in [0.1, 0.15) is 17.3 Å². The maximum atomic E-state index is 12.9. The molecule has 4 aromatic rings. The number of Topliss-reactive ketones (excluding diaryl/α,β-unsaturated/α-hetero) is 1. The van der Waals surface area contributed by atoms with Crippen molar-refractivity contribution in [3.05, 3.63) is 68.4 Å². The van der Waals surface area contributed by atoms with Gasteiger partial charge in [0.2, 0.25) is 0 Å². The van der Waals surface area contributed by atoms with Gasteiger partial charge in [-0.25, -0.2) is 0 Å². The fraction of sp³-hybridized carbons (Fsp3) is 0.100. The lowest BCUT2D eigenvalue weighted by Gasteiger charge is -2.08. The molecule has 2 aromatic heterocycles. The summed E-state index contributed by atoms with van der Waals surface area (Å²) in [5.74, 6) is -0.00737. The van der Waals surface area contributed by atoms with Crippen LogP contribution in [-0.2, 0) is 7.05 Å². The average molecular weight is 385 g/mol. The van der Waals surface area contributed by atoms with Gasteiger partial charge < -0.3 is 4.98 Å². The fourth-order valence-electron chi connectivity index (χ4n) is 3.22. The van der Waals surface area contributed by atoms with E-state index in [4.69, 9.17) is 23.2 Å². The highest BCUT2D eigenvalue weighted by Crippen LogP contribution is 2.32. The standard InChI is InChI=1S/C20H14Cl2N2O2/c1-10(25)11-3-6-18-14(7-11)15-9-16(20(26)24(2)19(15)23-18)13-5-4-12(21)8-17(13)22/h3-9,23H,1-2H3. The Kier molecular flexibility index (Phi) is 3.90. The summed E-state index contributed by atoms with van der Waals surface area (Å²) in [5, 5.41) is 2.66. The van der Waals surface area contributed by atoms with Crippen LogP contribution >= 0.6 is 23.2 Å². The molecule has 0 amide bonds. The Bertz CT molecular complexity index is 1270. The minimum absolute atomic E-state index is 0.00737. The molecule has 0 spiro atoms. The van der Waals surface area contributed by atoms with E-state index in [2.05, 4.69) is 4.98 Å². The molecule has 0 unspecified atom stereocenters. The number of H-pyrrole nitrogens is 1. The first-order chi connectivity index (χ1) is 12.4. The molecule has 6 heteroatoms. The second-order valence-electron chi connectivity index (χ2n) is 6.25. The first-order valence-corrected chi connectivity index (χ1v) is 8.74. The third kappa shape index (κ3) is 2.54. The van der Waals surface area contributed by atoms with Crippen LogP contribution in [0.4, 0.5) is 0 Å². The maximum absolute atomic E-state index is 12.9. The topological polar surface area (TPSA) is 54.9 Å². The van der Waals surface area contributed by atoms with E-state index in [1.807, 2.05) is 18.2 Å². The number of aromatic amines is 1. The lowest BCUT2D eigenvalue weighted by Crippen LogP contribution is -2.19. The van der Waals surface area contributed by atoms with Crippen molar-refractivity contribution in [1.29, 1.82) is 0 Å². The first kappa shape index (κ1) is 16.9. The number of carbonyl (C=O) groups excluding carboxylic acids is 1. The number of fused-ring (bicyclic) bond motifs is 3. The third-order valence-corrected chi connectivity index (χ3v) is 5.15. The zero-order chi connectivity index (χ0) is 18.6. The summed E-state index contributed by atoms with van der Waals surface area (Å²) in [6, 6.07) is 12.3. The van der Waals surface area contributed by atoms with Crippen LogP contribution in [0, 0.1) is 0 Å². The number of halogens is 2. The van der Waals surface area contributed by atoms with Crippen molar-refractivity contribution in [2.75, 3.05) is 0 Å². The summed E-state index contributed by atoms with van der Waals surface area (Å²) in [6.07, 6.45) is 0. The van der Waals surface area contributed by atoms with E-state index in [1.54, 1.807) is 35.9 Å². The summed E-state index contributed by atoms with van der Waals surface area (Å²) < 4.78 is 1.56. The Morgan fingerprint density at radius 1 is 1.00 bits per heavy atom. The van der Waals surface area contributed by atoms with Crippen LogP contribution in [0.2, 0.25) is 10.0 Å². The summed E-state index contributed by atoms with van der Waals surface area (Å²) in [7, 11) is 1.71. The number of hydrogen-bond donors (Lipinski definition) is 1. The summed E-state index contributed by atoms with van der Waals surface area (Å²) >= 11 is 12.3. The minimum atomic E-state index is -0.167. The Balaban J connectivity index is 2.10. The average Bonchev–Trinajstić information content (AvgIpc) is 2.96. The molecule has 4 nitrogen and oxygen atoms in total. The van der Waals surface area contributed by atoms with Crippen LogP contribution in [0.15, 0.2) is 47.3 Å². The molecule has 0 fully saturated rings. The molecule has 0 aliphatic carbocycles. The zero-order valence-corrected chi connectivity index (χ0v) is 15.6. The predicted molar refractivity (Wildman–Crippen MR) is 107 cm³/mol. The van der Waals surface area contributed by atoms with Gasteiger partial charge >= 0.3 is 0 Å². The number of hydrogen-bond acceptors (Lipinski definition) is 2. The third-order valence-electron chi connectivity index (χ3n) is 4.60. The summed E-state index contributed by atoms with van der Waals surface area (Å²) in [5.41, 5.74) is 3.11. The number of aromatic nitrogens is 2. The van der Waals surface area contributed by atoms with Crippen LogP contribution in [0.3, 0.4) is 0 Å². The van der Waals surface area contributed by atoms with E-state index in [0.717, 1.165) is 16.3 Å². The Morgan fingerprint density at radius 2 is 1.77 bits per heavy atom. The van der Waals surface area contributed by atoms with Crippen molar-refractivity contribution in [3.8, 4) is 11.1 Å². The van der Waals surface area contributed by atoms with Crippen molar-refractivity contribution < 1.29 is 4.79 Å². The molecule has 130 valence electrons. The van der Waals surface area contributed by atoms with Crippen molar-refractivity contribution in [2.24, 2.45) is 7.05 Å². The highest BCUT2D eigenvalue weighted by atomic mass is 35.5. The number of benzene rings is 2. The van der Waals surface area contributed by atoms with Crippen LogP contribution in [0.5, 0.6) is 0 Å². The lowest BCUT2D eigenvalue weighted by atomic mass is 10.0. The van der Waals surface area contributed by atoms with Crippen molar-refractivity contribution in [2.45, 2.75) is 6.92 Å². The SMILES string of the molecule is CC(=O)c1ccc2[nH]c3c(cc(-c4ccc(Cl)cc4Cl)c(=O)n3C)c2c1. The van der Waals surface area contributed by atoms with Crippen molar-refractivity contribution in [3.63, 3.8) is 0 Å². The molecule has 4 rings (SSSR count). The molecular formula is C20H14Cl2N2O2. The van der Waals surface area contributed by atoms with Gasteiger partial charge in [-0.1, -0.05) is 29.3 Å². The smallest absolute Gasteiger partial charge is 0.259 e. The van der Waals surface area contributed by atoms with Crippen LogP contribution in [0.25, 0.3) is 33.1 Å². The number of rotatable bonds is 2. The van der Waals surface area contributed by atoms with Crippen LogP contribution < -0.4 is 5.56 Å².